The van der Waals surface area contributed by atoms with Crippen LogP contribution in [-0.4, -0.2) is 18.7 Å². The van der Waals surface area contributed by atoms with Crippen molar-refractivity contribution in [3.05, 3.63) is 62.3 Å². The number of rotatable bonds is 3. The van der Waals surface area contributed by atoms with Crippen LogP contribution in [0.15, 0.2) is 56.3 Å². The smallest absolute Gasteiger partial charge is 0.396 e. The maximum atomic E-state index is 12.9. The highest BCUT2D eigenvalue weighted by Crippen LogP contribution is 2.32. The molecule has 4 rings (SSSR count). The third-order valence-corrected chi connectivity index (χ3v) is 5.08. The molecule has 27 heavy (non-hydrogen) atoms. The number of hydrogen-bond acceptors (Lipinski definition) is 6. The summed E-state index contributed by atoms with van der Waals surface area (Å²) in [5.74, 6) is 0.179. The van der Waals surface area contributed by atoms with Gasteiger partial charge in [0.2, 0.25) is 0 Å². The van der Waals surface area contributed by atoms with Gasteiger partial charge in [-0.2, -0.15) is 10.1 Å². The van der Waals surface area contributed by atoms with Gasteiger partial charge >= 0.3 is 4.94 Å². The summed E-state index contributed by atoms with van der Waals surface area (Å²) in [5.41, 5.74) is 2.74. The highest BCUT2D eigenvalue weighted by Gasteiger charge is 2.29. The Hall–Kier alpha value is -2.90. The molecule has 8 heteroatoms. The summed E-state index contributed by atoms with van der Waals surface area (Å²) in [6, 6.07) is 10.4. The molecule has 0 unspecified atom stereocenters. The van der Waals surface area contributed by atoms with Gasteiger partial charge in [0, 0.05) is 5.02 Å². The number of hydrazone groups is 1. The maximum absolute atomic E-state index is 12.9. The maximum Gasteiger partial charge on any atom is 0.396 e. The number of hydrogen-bond donors (Lipinski definition) is 0. The molecular formula is C19H13ClN2O4S. The van der Waals surface area contributed by atoms with Crippen molar-refractivity contribution in [3.63, 3.8) is 0 Å². The van der Waals surface area contributed by atoms with E-state index in [1.807, 2.05) is 0 Å². The predicted molar refractivity (Wildman–Crippen MR) is 107 cm³/mol. The monoisotopic (exact) mass is 400 g/mol. The van der Waals surface area contributed by atoms with Crippen molar-refractivity contribution in [1.82, 2.24) is 0 Å². The average molecular weight is 401 g/mol. The standard InChI is InChI=1S/C19H13ClN2O4S/c1-10-14(18(23)22(21-10)13-5-3-4-12(20)9-13)6-11-7-15(25-2)17-16(8-11)27-19(24)26-17/h3-9H,1-2H3. The zero-order valence-electron chi connectivity index (χ0n) is 14.4. The highest BCUT2D eigenvalue weighted by molar-refractivity contribution is 7.16. The minimum absolute atomic E-state index is 0.255. The third-order valence-electron chi connectivity index (χ3n) is 4.07. The first-order chi connectivity index (χ1) is 13.0. The van der Waals surface area contributed by atoms with E-state index in [0.717, 1.165) is 11.3 Å². The SMILES string of the molecule is COc1cc(C=C2C(=O)N(c3cccc(Cl)c3)N=C2C)cc2sc(=O)oc12. The largest absolute Gasteiger partial charge is 0.493 e. The molecule has 0 spiro atoms. The van der Waals surface area contributed by atoms with Crippen LogP contribution in [0.25, 0.3) is 16.4 Å². The van der Waals surface area contributed by atoms with Crippen molar-refractivity contribution in [2.45, 2.75) is 6.92 Å². The molecule has 2 aromatic carbocycles. The molecule has 1 aliphatic rings. The van der Waals surface area contributed by atoms with Crippen LogP contribution < -0.4 is 14.7 Å². The van der Waals surface area contributed by atoms with E-state index >= 15 is 0 Å². The Morgan fingerprint density at radius 2 is 2.07 bits per heavy atom. The van der Waals surface area contributed by atoms with Crippen LogP contribution >= 0.6 is 22.9 Å². The van der Waals surface area contributed by atoms with Gasteiger partial charge in [-0.25, -0.2) is 4.79 Å². The Morgan fingerprint density at radius 1 is 1.26 bits per heavy atom. The van der Waals surface area contributed by atoms with Crippen LogP contribution in [0.3, 0.4) is 0 Å². The lowest BCUT2D eigenvalue weighted by molar-refractivity contribution is -0.114. The minimum Gasteiger partial charge on any atom is -0.493 e. The van der Waals surface area contributed by atoms with Gasteiger partial charge in [-0.1, -0.05) is 29.0 Å². The summed E-state index contributed by atoms with van der Waals surface area (Å²) in [6.07, 6.45) is 1.72. The molecule has 0 bridgehead atoms. The van der Waals surface area contributed by atoms with Crippen molar-refractivity contribution < 1.29 is 13.9 Å². The Labute approximate surface area is 162 Å². The average Bonchev–Trinajstić information content (AvgIpc) is 3.14. The van der Waals surface area contributed by atoms with Gasteiger partial charge in [-0.3, -0.25) is 4.79 Å². The second kappa shape index (κ2) is 6.68. The van der Waals surface area contributed by atoms with Crippen molar-refractivity contribution in [2.24, 2.45) is 5.10 Å². The summed E-state index contributed by atoms with van der Waals surface area (Å²) in [7, 11) is 1.50. The van der Waals surface area contributed by atoms with E-state index in [1.165, 1.54) is 12.1 Å². The highest BCUT2D eigenvalue weighted by atomic mass is 35.5. The Balaban J connectivity index is 1.76. The molecule has 3 aromatic rings. The van der Waals surface area contributed by atoms with E-state index in [-0.39, 0.29) is 5.91 Å². The van der Waals surface area contributed by atoms with Gasteiger partial charge < -0.3 is 9.15 Å². The van der Waals surface area contributed by atoms with E-state index in [0.29, 0.717) is 43.6 Å². The van der Waals surface area contributed by atoms with Gasteiger partial charge in [-0.05, 0) is 48.9 Å². The zero-order valence-corrected chi connectivity index (χ0v) is 15.9. The van der Waals surface area contributed by atoms with E-state index in [1.54, 1.807) is 49.4 Å². The minimum atomic E-state index is -0.407. The molecule has 6 nitrogen and oxygen atoms in total. The number of amides is 1. The fourth-order valence-electron chi connectivity index (χ4n) is 2.84. The van der Waals surface area contributed by atoms with E-state index in [4.69, 9.17) is 20.8 Å². The van der Waals surface area contributed by atoms with Crippen LogP contribution in [0.1, 0.15) is 12.5 Å². The Bertz CT molecular complexity index is 1190. The quantitative estimate of drug-likeness (QED) is 0.614. The molecule has 0 saturated heterocycles. The van der Waals surface area contributed by atoms with E-state index < -0.39 is 4.94 Å². The van der Waals surface area contributed by atoms with Gasteiger partial charge in [0.05, 0.1) is 28.8 Å². The van der Waals surface area contributed by atoms with Crippen LogP contribution in [0, 0.1) is 0 Å². The molecule has 1 aromatic heterocycles. The predicted octanol–water partition coefficient (Wildman–Crippen LogP) is 4.32. The lowest BCUT2D eigenvalue weighted by atomic mass is 10.1. The summed E-state index contributed by atoms with van der Waals surface area (Å²) in [5, 5.41) is 6.19. The van der Waals surface area contributed by atoms with Crippen molar-refractivity contribution >= 4 is 56.6 Å². The molecule has 0 aliphatic carbocycles. The Kier molecular flexibility index (Phi) is 4.33. The van der Waals surface area contributed by atoms with E-state index in [9.17, 15) is 9.59 Å². The van der Waals surface area contributed by atoms with Crippen molar-refractivity contribution in [2.75, 3.05) is 12.1 Å². The topological polar surface area (TPSA) is 72.1 Å². The number of anilines is 1. The number of fused-ring (bicyclic) bond motifs is 1. The lowest BCUT2D eigenvalue weighted by Crippen LogP contribution is -2.21. The first-order valence-corrected chi connectivity index (χ1v) is 9.14. The van der Waals surface area contributed by atoms with Crippen molar-refractivity contribution in [3.8, 4) is 5.75 Å². The Morgan fingerprint density at radius 3 is 2.81 bits per heavy atom. The van der Waals surface area contributed by atoms with Gasteiger partial charge in [0.25, 0.3) is 5.91 Å². The molecule has 0 saturated carbocycles. The lowest BCUT2D eigenvalue weighted by Gasteiger charge is -2.11. The summed E-state index contributed by atoms with van der Waals surface area (Å²) in [4.78, 5) is 24.0. The van der Waals surface area contributed by atoms with Crippen molar-refractivity contribution in [1.29, 1.82) is 0 Å². The second-order valence-electron chi connectivity index (χ2n) is 5.84. The first kappa shape index (κ1) is 17.5. The van der Waals surface area contributed by atoms with Crippen LogP contribution in [-0.2, 0) is 4.79 Å². The molecule has 0 fully saturated rings. The number of nitrogens with zero attached hydrogens (tertiary/aromatic N) is 2. The number of halogens is 1. The number of methoxy groups -OCH3 is 1. The van der Waals surface area contributed by atoms with Gasteiger partial charge in [-0.15, -0.1) is 0 Å². The molecule has 1 aliphatic heterocycles. The molecular weight excluding hydrogens is 388 g/mol. The number of carbonyl (C=O) groups excluding carboxylic acids is 1. The molecule has 2 heterocycles. The summed E-state index contributed by atoms with van der Waals surface area (Å²) >= 11 is 7.00. The van der Waals surface area contributed by atoms with E-state index in [2.05, 4.69) is 5.10 Å². The third kappa shape index (κ3) is 3.15. The molecule has 0 radical (unpaired) electrons. The molecule has 136 valence electrons. The first-order valence-electron chi connectivity index (χ1n) is 7.95. The number of benzene rings is 2. The zero-order chi connectivity index (χ0) is 19.1. The molecule has 0 atom stereocenters. The fraction of sp³-hybridized carbons (Fsp3) is 0.105. The molecule has 1 amide bonds. The molecule has 0 N–H and O–H groups in total. The van der Waals surface area contributed by atoms with Gasteiger partial charge in [0.15, 0.2) is 11.3 Å². The van der Waals surface area contributed by atoms with Gasteiger partial charge in [0.1, 0.15) is 0 Å². The second-order valence-corrected chi connectivity index (χ2v) is 7.26. The fourth-order valence-corrected chi connectivity index (χ4v) is 3.76. The summed E-state index contributed by atoms with van der Waals surface area (Å²) in [6.45, 7) is 1.76. The number of ether oxygens (including phenoxy) is 1. The summed E-state index contributed by atoms with van der Waals surface area (Å²) < 4.78 is 11.1. The normalized spacial score (nSPS) is 15.7. The number of carbonyl (C=O) groups is 1. The van der Waals surface area contributed by atoms with Crippen LogP contribution in [0.2, 0.25) is 5.02 Å². The van der Waals surface area contributed by atoms with Crippen LogP contribution in [0.4, 0.5) is 5.69 Å². The van der Waals surface area contributed by atoms with Crippen LogP contribution in [0.5, 0.6) is 5.75 Å².